The van der Waals surface area contributed by atoms with E-state index < -0.39 is 0 Å². The minimum atomic E-state index is -0.285. The first kappa shape index (κ1) is 22.2. The van der Waals surface area contributed by atoms with Crippen molar-refractivity contribution in [2.75, 3.05) is 19.7 Å². The van der Waals surface area contributed by atoms with Crippen LogP contribution in [0, 0.1) is 0 Å². The van der Waals surface area contributed by atoms with Crippen molar-refractivity contribution in [3.05, 3.63) is 0 Å². The predicted octanol–water partition coefficient (Wildman–Crippen LogP) is 5.67. The van der Waals surface area contributed by atoms with E-state index in [2.05, 4.69) is 31.2 Å². The lowest BCUT2D eigenvalue weighted by molar-refractivity contribution is 0.101. The van der Waals surface area contributed by atoms with E-state index in [1.807, 2.05) is 0 Å². The molecule has 0 aromatic heterocycles. The van der Waals surface area contributed by atoms with Crippen LogP contribution in [-0.2, 0) is 4.74 Å². The van der Waals surface area contributed by atoms with Gasteiger partial charge in [0.15, 0.2) is 0 Å². The summed E-state index contributed by atoms with van der Waals surface area (Å²) >= 11 is 0. The first-order chi connectivity index (χ1) is 11.2. The smallest absolute Gasteiger partial charge is 0.421 e. The third-order valence-electron chi connectivity index (χ3n) is 4.04. The van der Waals surface area contributed by atoms with Crippen molar-refractivity contribution in [1.29, 1.82) is 0 Å². The molecule has 0 aromatic carbocycles. The Morgan fingerprint density at radius 3 is 1.70 bits per heavy atom. The van der Waals surface area contributed by atoms with Crippen molar-refractivity contribution >= 4 is 6.09 Å². The molecule has 0 unspecified atom stereocenters. The molecule has 0 saturated heterocycles. The molecule has 0 aliphatic carbocycles. The Morgan fingerprint density at radius 1 is 0.739 bits per heavy atom. The molecule has 0 heterocycles. The summed E-state index contributed by atoms with van der Waals surface area (Å²) in [5.41, 5.74) is 2.93. The summed E-state index contributed by atoms with van der Waals surface area (Å²) in [7, 11) is 0. The average molecular weight is 329 g/mol. The van der Waals surface area contributed by atoms with Crippen molar-refractivity contribution < 1.29 is 9.53 Å². The number of hydrogen-bond donors (Lipinski definition) is 1. The lowest BCUT2D eigenvalue weighted by Gasteiger charge is -2.22. The van der Waals surface area contributed by atoms with Gasteiger partial charge in [0, 0.05) is 13.1 Å². The molecular formula is C19H40N2O2. The number of nitrogens with zero attached hydrogens (tertiary/aromatic N) is 1. The molecule has 0 atom stereocenters. The normalized spacial score (nSPS) is 11.0. The molecule has 138 valence electrons. The van der Waals surface area contributed by atoms with Gasteiger partial charge in [-0.25, -0.2) is 9.80 Å². The van der Waals surface area contributed by atoms with Crippen LogP contribution in [0.25, 0.3) is 0 Å². The zero-order valence-electron chi connectivity index (χ0n) is 15.9. The van der Waals surface area contributed by atoms with Crippen LogP contribution in [0.5, 0.6) is 0 Å². The van der Waals surface area contributed by atoms with Gasteiger partial charge in [0.05, 0.1) is 6.61 Å². The Bertz CT molecular complexity index is 248. The topological polar surface area (TPSA) is 41.6 Å². The van der Waals surface area contributed by atoms with E-state index in [0.29, 0.717) is 6.61 Å². The van der Waals surface area contributed by atoms with Gasteiger partial charge >= 0.3 is 6.09 Å². The highest BCUT2D eigenvalue weighted by atomic mass is 16.6. The first-order valence-electron chi connectivity index (χ1n) is 9.92. The number of hydrogen-bond acceptors (Lipinski definition) is 3. The summed E-state index contributed by atoms with van der Waals surface area (Å²) in [5, 5.41) is 2.06. The lowest BCUT2D eigenvalue weighted by atomic mass is 10.2. The molecule has 0 aliphatic heterocycles. The maximum absolute atomic E-state index is 11.9. The summed E-state index contributed by atoms with van der Waals surface area (Å²) in [6.07, 6.45) is 14.0. The number of carbonyl (C=O) groups excluding carboxylic acids is 1. The van der Waals surface area contributed by atoms with Gasteiger partial charge in [0.1, 0.15) is 0 Å². The Balaban J connectivity index is 3.92. The van der Waals surface area contributed by atoms with Crippen molar-refractivity contribution in [1.82, 2.24) is 10.4 Å². The van der Waals surface area contributed by atoms with Crippen molar-refractivity contribution in [3.8, 4) is 0 Å². The summed E-state index contributed by atoms with van der Waals surface area (Å²) in [5.74, 6) is 0. The summed E-state index contributed by atoms with van der Waals surface area (Å²) in [6.45, 7) is 9.01. The fourth-order valence-electron chi connectivity index (χ4n) is 2.54. The zero-order valence-corrected chi connectivity index (χ0v) is 15.9. The number of ether oxygens (including phenoxy) is 1. The number of hydrazine groups is 1. The first-order valence-corrected chi connectivity index (χ1v) is 9.92. The van der Waals surface area contributed by atoms with Crippen LogP contribution in [0.4, 0.5) is 4.79 Å². The van der Waals surface area contributed by atoms with E-state index in [0.717, 1.165) is 38.8 Å². The number of carbonyl (C=O) groups is 1. The van der Waals surface area contributed by atoms with Gasteiger partial charge in [-0.2, -0.15) is 0 Å². The predicted molar refractivity (Wildman–Crippen MR) is 98.5 cm³/mol. The monoisotopic (exact) mass is 328 g/mol. The maximum Gasteiger partial charge on any atom is 0.421 e. The van der Waals surface area contributed by atoms with Gasteiger partial charge in [-0.15, -0.1) is 0 Å². The van der Waals surface area contributed by atoms with E-state index in [1.54, 1.807) is 0 Å². The molecule has 0 bridgehead atoms. The van der Waals surface area contributed by atoms with E-state index in [9.17, 15) is 4.79 Å². The molecule has 0 spiro atoms. The molecule has 4 nitrogen and oxygen atoms in total. The maximum atomic E-state index is 11.9. The van der Waals surface area contributed by atoms with E-state index in [1.165, 1.54) is 51.4 Å². The number of nitrogens with one attached hydrogen (secondary N) is 1. The Kier molecular flexibility index (Phi) is 17.0. The molecule has 0 aromatic rings. The van der Waals surface area contributed by atoms with Gasteiger partial charge < -0.3 is 4.74 Å². The van der Waals surface area contributed by atoms with Crippen LogP contribution >= 0.6 is 0 Å². The second kappa shape index (κ2) is 17.6. The molecule has 0 rings (SSSR count). The molecule has 1 N–H and O–H groups in total. The number of rotatable bonds is 16. The second-order valence-corrected chi connectivity index (χ2v) is 6.42. The zero-order chi connectivity index (χ0) is 17.2. The minimum absolute atomic E-state index is 0.285. The van der Waals surface area contributed by atoms with Crippen LogP contribution in [0.1, 0.15) is 97.8 Å². The lowest BCUT2D eigenvalue weighted by Crippen LogP contribution is -2.43. The van der Waals surface area contributed by atoms with E-state index in [4.69, 9.17) is 4.74 Å². The highest BCUT2D eigenvalue weighted by Gasteiger charge is 2.09. The molecule has 0 radical (unpaired) electrons. The van der Waals surface area contributed by atoms with Gasteiger partial charge in [-0.05, 0) is 19.3 Å². The molecule has 0 aliphatic rings. The summed E-state index contributed by atoms with van der Waals surface area (Å²) in [6, 6.07) is 0. The number of unbranched alkanes of at least 4 members (excludes halogenated alkanes) is 9. The third-order valence-corrected chi connectivity index (χ3v) is 4.04. The quantitative estimate of drug-likeness (QED) is 0.293. The SMILES string of the molecule is CCCCCCOC(=O)NN(CCCCCC)CCCCCC. The third kappa shape index (κ3) is 15.9. The molecule has 1 amide bonds. The van der Waals surface area contributed by atoms with Crippen LogP contribution < -0.4 is 5.43 Å². The summed E-state index contributed by atoms with van der Waals surface area (Å²) in [4.78, 5) is 11.9. The van der Waals surface area contributed by atoms with Crippen molar-refractivity contribution in [2.24, 2.45) is 0 Å². The molecule has 0 saturated carbocycles. The molecule has 23 heavy (non-hydrogen) atoms. The molecular weight excluding hydrogens is 288 g/mol. The van der Waals surface area contributed by atoms with E-state index in [-0.39, 0.29) is 6.09 Å². The number of amides is 1. The summed E-state index contributed by atoms with van der Waals surface area (Å²) < 4.78 is 5.28. The van der Waals surface area contributed by atoms with Gasteiger partial charge in [-0.1, -0.05) is 78.6 Å². The van der Waals surface area contributed by atoms with Crippen LogP contribution in [0.15, 0.2) is 0 Å². The fraction of sp³-hybridized carbons (Fsp3) is 0.947. The van der Waals surface area contributed by atoms with Crippen molar-refractivity contribution in [3.63, 3.8) is 0 Å². The van der Waals surface area contributed by atoms with Crippen molar-refractivity contribution in [2.45, 2.75) is 97.8 Å². The Labute approximate surface area is 144 Å². The van der Waals surface area contributed by atoms with Gasteiger partial charge in [0.2, 0.25) is 0 Å². The van der Waals surface area contributed by atoms with Crippen LogP contribution in [-0.4, -0.2) is 30.8 Å². The fourth-order valence-corrected chi connectivity index (χ4v) is 2.54. The van der Waals surface area contributed by atoms with Crippen LogP contribution in [0.2, 0.25) is 0 Å². The van der Waals surface area contributed by atoms with E-state index >= 15 is 0 Å². The minimum Gasteiger partial charge on any atom is -0.449 e. The molecule has 4 heteroatoms. The van der Waals surface area contributed by atoms with Gasteiger partial charge in [0.25, 0.3) is 0 Å². The Hall–Kier alpha value is -0.770. The van der Waals surface area contributed by atoms with Crippen LogP contribution in [0.3, 0.4) is 0 Å². The highest BCUT2D eigenvalue weighted by Crippen LogP contribution is 2.04. The average Bonchev–Trinajstić information content (AvgIpc) is 2.55. The van der Waals surface area contributed by atoms with Gasteiger partial charge in [-0.3, -0.25) is 5.43 Å². The molecule has 0 fully saturated rings. The second-order valence-electron chi connectivity index (χ2n) is 6.42. The largest absolute Gasteiger partial charge is 0.449 e. The standard InChI is InChI=1S/C19H40N2O2/c1-4-7-10-13-16-21(17-14-11-8-5-2)20-19(22)23-18-15-12-9-6-3/h4-18H2,1-3H3,(H,20,22). The Morgan fingerprint density at radius 2 is 1.22 bits per heavy atom. The highest BCUT2D eigenvalue weighted by molar-refractivity contribution is 5.66.